The molecule has 3 aliphatic rings. The van der Waals surface area contributed by atoms with Gasteiger partial charge in [0.2, 0.25) is 5.91 Å². The zero-order chi connectivity index (χ0) is 21.4. The number of carbonyl (C=O) groups is 2. The first kappa shape index (κ1) is 20.5. The highest BCUT2D eigenvalue weighted by molar-refractivity contribution is 6.04. The summed E-state index contributed by atoms with van der Waals surface area (Å²) in [5.74, 6) is 0.254. The lowest BCUT2D eigenvalue weighted by atomic mass is 9.84. The lowest BCUT2D eigenvalue weighted by molar-refractivity contribution is -0.147. The van der Waals surface area contributed by atoms with Gasteiger partial charge >= 0.3 is 0 Å². The summed E-state index contributed by atoms with van der Waals surface area (Å²) in [6.07, 6.45) is 6.92. The van der Waals surface area contributed by atoms with Crippen molar-refractivity contribution in [3.05, 3.63) is 30.0 Å². The summed E-state index contributed by atoms with van der Waals surface area (Å²) < 4.78 is 7.87. The molecule has 31 heavy (non-hydrogen) atoms. The van der Waals surface area contributed by atoms with Crippen LogP contribution in [0.4, 0.5) is 0 Å². The normalized spacial score (nSPS) is 22.2. The number of amides is 2. The van der Waals surface area contributed by atoms with E-state index in [1.54, 1.807) is 4.68 Å². The second kappa shape index (κ2) is 8.26. The molecule has 0 aliphatic carbocycles. The van der Waals surface area contributed by atoms with Gasteiger partial charge in [-0.3, -0.25) is 14.3 Å². The molecule has 1 aromatic heterocycles. The Morgan fingerprint density at radius 3 is 2.45 bits per heavy atom. The summed E-state index contributed by atoms with van der Waals surface area (Å²) in [5, 5.41) is 5.36. The molecule has 7 nitrogen and oxygen atoms in total. The number of rotatable bonds is 2. The second-order valence-corrected chi connectivity index (χ2v) is 9.37. The molecule has 1 spiro atoms. The minimum Gasteiger partial charge on any atom is -0.375 e. The van der Waals surface area contributed by atoms with Crippen molar-refractivity contribution in [1.82, 2.24) is 19.6 Å². The van der Waals surface area contributed by atoms with E-state index in [9.17, 15) is 9.59 Å². The molecule has 5 rings (SSSR count). The molecule has 166 valence electrons. The predicted octanol–water partition coefficient (Wildman–Crippen LogP) is 2.99. The molecular formula is C24H32N4O3. The van der Waals surface area contributed by atoms with Crippen LogP contribution in [0.25, 0.3) is 10.9 Å². The first-order valence-corrected chi connectivity index (χ1v) is 11.7. The molecule has 7 heteroatoms. The molecule has 0 saturated carbocycles. The molecule has 2 amide bonds. The van der Waals surface area contributed by atoms with Crippen LogP contribution >= 0.6 is 0 Å². The lowest BCUT2D eigenvalue weighted by Crippen LogP contribution is -2.52. The number of para-hydroxylation sites is 1. The summed E-state index contributed by atoms with van der Waals surface area (Å²) in [5.41, 5.74) is 1.49. The fourth-order valence-electron chi connectivity index (χ4n) is 5.55. The number of hydrogen-bond acceptors (Lipinski definition) is 4. The number of piperidine rings is 2. The minimum atomic E-state index is -0.0305. The number of fused-ring (bicyclic) bond motifs is 1. The molecule has 3 fully saturated rings. The summed E-state index contributed by atoms with van der Waals surface area (Å²) in [7, 11) is 1.87. The Morgan fingerprint density at radius 2 is 1.74 bits per heavy atom. The van der Waals surface area contributed by atoms with Crippen LogP contribution in [0.1, 0.15) is 55.4 Å². The Kier molecular flexibility index (Phi) is 5.46. The number of aromatic nitrogens is 2. The summed E-state index contributed by atoms with van der Waals surface area (Å²) in [6, 6.07) is 7.82. The maximum Gasteiger partial charge on any atom is 0.275 e. The van der Waals surface area contributed by atoms with Gasteiger partial charge < -0.3 is 14.5 Å². The number of benzene rings is 1. The van der Waals surface area contributed by atoms with Crippen LogP contribution in [-0.2, 0) is 16.6 Å². The largest absolute Gasteiger partial charge is 0.375 e. The van der Waals surface area contributed by atoms with Gasteiger partial charge in [-0.1, -0.05) is 18.2 Å². The zero-order valence-corrected chi connectivity index (χ0v) is 18.4. The molecule has 0 radical (unpaired) electrons. The Hall–Kier alpha value is -2.41. The van der Waals surface area contributed by atoms with Gasteiger partial charge in [0.1, 0.15) is 0 Å². The van der Waals surface area contributed by atoms with Gasteiger partial charge in [0.15, 0.2) is 5.69 Å². The quantitative estimate of drug-likeness (QED) is 0.743. The summed E-state index contributed by atoms with van der Waals surface area (Å²) in [6.45, 7) is 3.70. The van der Waals surface area contributed by atoms with E-state index in [0.29, 0.717) is 18.8 Å². The Labute approximate surface area is 183 Å². The third kappa shape index (κ3) is 3.84. The average molecular weight is 425 g/mol. The van der Waals surface area contributed by atoms with Crippen LogP contribution in [0.15, 0.2) is 24.3 Å². The molecular weight excluding hydrogens is 392 g/mol. The third-order valence-corrected chi connectivity index (χ3v) is 7.51. The van der Waals surface area contributed by atoms with Crippen LogP contribution in [0.5, 0.6) is 0 Å². The monoisotopic (exact) mass is 424 g/mol. The fourth-order valence-corrected chi connectivity index (χ4v) is 5.55. The molecule has 4 heterocycles. The van der Waals surface area contributed by atoms with Gasteiger partial charge in [0.25, 0.3) is 5.91 Å². The van der Waals surface area contributed by atoms with Gasteiger partial charge in [-0.05, 0) is 51.0 Å². The van der Waals surface area contributed by atoms with Crippen molar-refractivity contribution in [1.29, 1.82) is 0 Å². The second-order valence-electron chi connectivity index (χ2n) is 9.37. The van der Waals surface area contributed by atoms with E-state index in [4.69, 9.17) is 4.74 Å². The van der Waals surface area contributed by atoms with E-state index < -0.39 is 0 Å². The van der Waals surface area contributed by atoms with E-state index in [0.717, 1.165) is 69.1 Å². The third-order valence-electron chi connectivity index (χ3n) is 7.51. The van der Waals surface area contributed by atoms with Crippen LogP contribution in [-0.4, -0.2) is 69.8 Å². The Bertz CT molecular complexity index is 960. The molecule has 2 aromatic rings. The van der Waals surface area contributed by atoms with Gasteiger partial charge in [-0.2, -0.15) is 5.10 Å². The maximum absolute atomic E-state index is 13.1. The molecule has 3 aliphatic heterocycles. The van der Waals surface area contributed by atoms with E-state index >= 15 is 0 Å². The van der Waals surface area contributed by atoms with Gasteiger partial charge in [-0.15, -0.1) is 0 Å². The topological polar surface area (TPSA) is 67.7 Å². The van der Waals surface area contributed by atoms with Crippen LogP contribution in [0.3, 0.4) is 0 Å². The number of nitrogens with zero attached hydrogens (tertiary/aromatic N) is 4. The average Bonchev–Trinajstić information content (AvgIpc) is 3.16. The van der Waals surface area contributed by atoms with Crippen molar-refractivity contribution in [2.45, 2.75) is 50.5 Å². The van der Waals surface area contributed by atoms with Gasteiger partial charge in [-0.25, -0.2) is 0 Å². The van der Waals surface area contributed by atoms with Crippen molar-refractivity contribution >= 4 is 22.7 Å². The van der Waals surface area contributed by atoms with Crippen LogP contribution in [0.2, 0.25) is 0 Å². The number of carbonyl (C=O) groups excluding carboxylic acids is 2. The smallest absolute Gasteiger partial charge is 0.275 e. The number of ether oxygens (including phenoxy) is 1. The SMILES string of the molecule is Cn1nc(C(=O)N2CCC(C(=O)N3CCC4(CCCCO4)CC3)CC2)c2ccccc21. The molecule has 0 N–H and O–H groups in total. The molecule has 0 unspecified atom stereocenters. The molecule has 0 bridgehead atoms. The molecule has 3 saturated heterocycles. The minimum absolute atomic E-state index is 0.0193. The number of likely N-dealkylation sites (tertiary alicyclic amines) is 2. The highest BCUT2D eigenvalue weighted by atomic mass is 16.5. The van der Waals surface area contributed by atoms with Crippen molar-refractivity contribution in [3.8, 4) is 0 Å². The highest BCUT2D eigenvalue weighted by Gasteiger charge is 2.40. The van der Waals surface area contributed by atoms with Crippen molar-refractivity contribution in [2.75, 3.05) is 32.8 Å². The summed E-state index contributed by atoms with van der Waals surface area (Å²) in [4.78, 5) is 30.1. The Balaban J connectivity index is 1.18. The van der Waals surface area contributed by atoms with Crippen LogP contribution in [0, 0.1) is 5.92 Å². The fraction of sp³-hybridized carbons (Fsp3) is 0.625. The summed E-state index contributed by atoms with van der Waals surface area (Å²) >= 11 is 0. The first-order valence-electron chi connectivity index (χ1n) is 11.7. The van der Waals surface area contributed by atoms with Crippen molar-refractivity contribution in [3.63, 3.8) is 0 Å². The number of hydrogen-bond donors (Lipinski definition) is 0. The van der Waals surface area contributed by atoms with Crippen molar-refractivity contribution < 1.29 is 14.3 Å². The van der Waals surface area contributed by atoms with Gasteiger partial charge in [0.05, 0.1) is 11.1 Å². The van der Waals surface area contributed by atoms with Crippen LogP contribution < -0.4 is 0 Å². The van der Waals surface area contributed by atoms with Crippen molar-refractivity contribution in [2.24, 2.45) is 13.0 Å². The molecule has 1 aromatic carbocycles. The van der Waals surface area contributed by atoms with E-state index in [-0.39, 0.29) is 23.3 Å². The molecule has 0 atom stereocenters. The first-order chi connectivity index (χ1) is 15.1. The highest BCUT2D eigenvalue weighted by Crippen LogP contribution is 2.35. The Morgan fingerprint density at radius 1 is 1.00 bits per heavy atom. The van der Waals surface area contributed by atoms with E-state index in [1.165, 1.54) is 6.42 Å². The maximum atomic E-state index is 13.1. The van der Waals surface area contributed by atoms with Gasteiger partial charge in [0, 0.05) is 51.1 Å². The predicted molar refractivity (Wildman–Crippen MR) is 118 cm³/mol. The van der Waals surface area contributed by atoms with E-state index in [1.807, 2.05) is 41.1 Å². The lowest BCUT2D eigenvalue weighted by Gasteiger charge is -2.45. The number of aryl methyl sites for hydroxylation is 1. The van der Waals surface area contributed by atoms with E-state index in [2.05, 4.69) is 5.10 Å². The zero-order valence-electron chi connectivity index (χ0n) is 18.4. The standard InChI is InChI=1S/C24H32N4O3/c1-26-20-7-3-2-6-19(20)21(25-26)23(30)27-13-8-18(9-14-27)22(29)28-15-11-24(12-16-28)10-4-5-17-31-24/h2-3,6-7,18H,4-5,8-17H2,1H3.